The summed E-state index contributed by atoms with van der Waals surface area (Å²) in [7, 11) is 2.28. The summed E-state index contributed by atoms with van der Waals surface area (Å²) in [6, 6.07) is 11.6. The molecular weight excluding hydrogens is 393 g/mol. The number of thiophene rings is 1. The molecule has 0 saturated carbocycles. The molecule has 2 aliphatic rings. The molecule has 0 spiro atoms. The van der Waals surface area contributed by atoms with E-state index in [1.54, 1.807) is 12.1 Å². The molecule has 1 aromatic heterocycles. The Morgan fingerprint density at radius 1 is 0.933 bits per heavy atom. The molecule has 164 valence electrons. The minimum Gasteiger partial charge on any atom is -0.303 e. The average Bonchev–Trinajstić information content (AvgIpc) is 3.41. The first-order valence-corrected chi connectivity index (χ1v) is 12.4. The van der Waals surface area contributed by atoms with Gasteiger partial charge in [-0.05, 0) is 101 Å². The van der Waals surface area contributed by atoms with E-state index in [9.17, 15) is 4.39 Å². The quantitative estimate of drug-likeness (QED) is 0.563. The SMILES string of the molecule is CN(Cc1ccc(CN2CCCC2)s1)CC1CCN(CCc2ccc(F)cc2)CC1. The van der Waals surface area contributed by atoms with Crippen LogP contribution in [0.3, 0.4) is 0 Å². The summed E-state index contributed by atoms with van der Waals surface area (Å²) >= 11 is 2.00. The molecule has 0 amide bonds. The fraction of sp³-hybridized carbons (Fsp3) is 0.600. The van der Waals surface area contributed by atoms with E-state index < -0.39 is 0 Å². The van der Waals surface area contributed by atoms with E-state index in [1.165, 1.54) is 73.7 Å². The number of nitrogens with zero attached hydrogens (tertiary/aromatic N) is 3. The molecular formula is C25H36FN3S. The highest BCUT2D eigenvalue weighted by atomic mass is 32.1. The molecule has 2 aliphatic heterocycles. The summed E-state index contributed by atoms with van der Waals surface area (Å²) in [5, 5.41) is 0. The number of halogens is 1. The van der Waals surface area contributed by atoms with Gasteiger partial charge >= 0.3 is 0 Å². The Bertz CT molecular complexity index is 761. The summed E-state index contributed by atoms with van der Waals surface area (Å²) in [4.78, 5) is 10.7. The van der Waals surface area contributed by atoms with Crippen molar-refractivity contribution in [1.29, 1.82) is 0 Å². The predicted octanol–water partition coefficient (Wildman–Crippen LogP) is 4.87. The number of piperidine rings is 1. The van der Waals surface area contributed by atoms with Gasteiger partial charge in [0.1, 0.15) is 5.82 Å². The van der Waals surface area contributed by atoms with Crippen molar-refractivity contribution >= 4 is 11.3 Å². The molecule has 0 aliphatic carbocycles. The van der Waals surface area contributed by atoms with Crippen LogP contribution in [0.15, 0.2) is 36.4 Å². The third-order valence-electron chi connectivity index (χ3n) is 6.63. The van der Waals surface area contributed by atoms with Crippen LogP contribution in [0, 0.1) is 11.7 Å². The summed E-state index contributed by atoms with van der Waals surface area (Å²) in [6.45, 7) is 9.44. The van der Waals surface area contributed by atoms with E-state index in [2.05, 4.69) is 33.9 Å². The first kappa shape index (κ1) is 21.9. The van der Waals surface area contributed by atoms with E-state index in [0.717, 1.165) is 32.0 Å². The van der Waals surface area contributed by atoms with Crippen molar-refractivity contribution in [3.05, 3.63) is 57.5 Å². The van der Waals surface area contributed by atoms with Crippen molar-refractivity contribution in [3.63, 3.8) is 0 Å². The minimum absolute atomic E-state index is 0.144. The van der Waals surface area contributed by atoms with E-state index in [1.807, 2.05) is 23.5 Å². The van der Waals surface area contributed by atoms with Crippen LogP contribution in [0.25, 0.3) is 0 Å². The monoisotopic (exact) mass is 429 g/mol. The highest BCUT2D eigenvalue weighted by Gasteiger charge is 2.20. The minimum atomic E-state index is -0.144. The highest BCUT2D eigenvalue weighted by Crippen LogP contribution is 2.23. The third kappa shape index (κ3) is 6.61. The smallest absolute Gasteiger partial charge is 0.123 e. The molecule has 4 rings (SSSR count). The maximum absolute atomic E-state index is 13.0. The van der Waals surface area contributed by atoms with Gasteiger partial charge in [-0.2, -0.15) is 0 Å². The number of rotatable bonds is 9. The van der Waals surface area contributed by atoms with Gasteiger partial charge in [0.15, 0.2) is 0 Å². The second-order valence-corrected chi connectivity index (χ2v) is 10.5. The number of hydrogen-bond acceptors (Lipinski definition) is 4. The van der Waals surface area contributed by atoms with Gasteiger partial charge in [0.2, 0.25) is 0 Å². The Kier molecular flexibility index (Phi) is 7.94. The Morgan fingerprint density at radius 2 is 1.63 bits per heavy atom. The van der Waals surface area contributed by atoms with Crippen molar-refractivity contribution in [1.82, 2.24) is 14.7 Å². The van der Waals surface area contributed by atoms with Crippen molar-refractivity contribution < 1.29 is 4.39 Å². The maximum atomic E-state index is 13.0. The van der Waals surface area contributed by atoms with Crippen LogP contribution in [0.2, 0.25) is 0 Å². The molecule has 5 heteroatoms. The average molecular weight is 430 g/mol. The Hall–Kier alpha value is -1.27. The molecule has 30 heavy (non-hydrogen) atoms. The van der Waals surface area contributed by atoms with Gasteiger partial charge in [0.25, 0.3) is 0 Å². The highest BCUT2D eigenvalue weighted by molar-refractivity contribution is 7.11. The van der Waals surface area contributed by atoms with Crippen molar-refractivity contribution in [3.8, 4) is 0 Å². The third-order valence-corrected chi connectivity index (χ3v) is 7.68. The predicted molar refractivity (Wildman–Crippen MR) is 124 cm³/mol. The van der Waals surface area contributed by atoms with Crippen molar-refractivity contribution in [2.45, 2.75) is 45.2 Å². The van der Waals surface area contributed by atoms with Crippen LogP contribution < -0.4 is 0 Å². The zero-order valence-electron chi connectivity index (χ0n) is 18.4. The van der Waals surface area contributed by atoms with Gasteiger partial charge in [-0.15, -0.1) is 11.3 Å². The first-order chi connectivity index (χ1) is 14.6. The lowest BCUT2D eigenvalue weighted by Gasteiger charge is -2.33. The lowest BCUT2D eigenvalue weighted by molar-refractivity contribution is 0.154. The lowest BCUT2D eigenvalue weighted by atomic mass is 9.96. The molecule has 2 saturated heterocycles. The van der Waals surface area contributed by atoms with Gasteiger partial charge < -0.3 is 9.80 Å². The summed E-state index contributed by atoms with van der Waals surface area (Å²) < 4.78 is 13.0. The van der Waals surface area contributed by atoms with Gasteiger partial charge in [-0.3, -0.25) is 4.90 Å². The summed E-state index contributed by atoms with van der Waals surface area (Å²) in [6.07, 6.45) is 6.33. The fourth-order valence-corrected chi connectivity index (χ4v) is 6.00. The number of likely N-dealkylation sites (tertiary alicyclic amines) is 2. The van der Waals surface area contributed by atoms with Crippen LogP contribution in [0.4, 0.5) is 4.39 Å². The Morgan fingerprint density at radius 3 is 2.37 bits per heavy atom. The van der Waals surface area contributed by atoms with Crippen LogP contribution in [0.1, 0.15) is 41.0 Å². The van der Waals surface area contributed by atoms with E-state index in [-0.39, 0.29) is 5.82 Å². The van der Waals surface area contributed by atoms with Crippen molar-refractivity contribution in [2.24, 2.45) is 5.92 Å². The Balaban J connectivity index is 1.14. The van der Waals surface area contributed by atoms with Crippen LogP contribution in [0.5, 0.6) is 0 Å². The summed E-state index contributed by atoms with van der Waals surface area (Å²) in [5.41, 5.74) is 1.23. The maximum Gasteiger partial charge on any atom is 0.123 e. The van der Waals surface area contributed by atoms with Crippen LogP contribution in [-0.2, 0) is 19.5 Å². The van der Waals surface area contributed by atoms with Crippen LogP contribution >= 0.6 is 11.3 Å². The van der Waals surface area contributed by atoms with E-state index in [4.69, 9.17) is 0 Å². The lowest BCUT2D eigenvalue weighted by Crippen LogP contribution is -2.38. The first-order valence-electron chi connectivity index (χ1n) is 11.6. The zero-order valence-corrected chi connectivity index (χ0v) is 19.2. The molecule has 0 radical (unpaired) electrons. The summed E-state index contributed by atoms with van der Waals surface area (Å²) in [5.74, 6) is 0.662. The Labute approximate surface area is 185 Å². The molecule has 3 nitrogen and oxygen atoms in total. The van der Waals surface area contributed by atoms with Crippen LogP contribution in [-0.4, -0.2) is 61.0 Å². The number of benzene rings is 1. The molecule has 2 aromatic rings. The second kappa shape index (κ2) is 10.9. The number of hydrogen-bond donors (Lipinski definition) is 0. The van der Waals surface area contributed by atoms with Gasteiger partial charge in [-0.1, -0.05) is 12.1 Å². The van der Waals surface area contributed by atoms with Gasteiger partial charge in [0.05, 0.1) is 0 Å². The molecule has 1 aromatic carbocycles. The standard InChI is InChI=1S/C25H36FN3S/c1-27(19-24-8-9-25(30-24)20-29-13-2-3-14-29)18-22-11-16-28(17-12-22)15-10-21-4-6-23(26)7-5-21/h4-9,22H,2-3,10-20H2,1H3. The fourth-order valence-electron chi connectivity index (χ4n) is 4.86. The normalized spacial score (nSPS) is 19.2. The molecule has 0 unspecified atom stereocenters. The van der Waals surface area contributed by atoms with Gasteiger partial charge in [-0.25, -0.2) is 4.39 Å². The largest absolute Gasteiger partial charge is 0.303 e. The molecule has 0 N–H and O–H groups in total. The molecule has 3 heterocycles. The molecule has 2 fully saturated rings. The topological polar surface area (TPSA) is 9.72 Å². The van der Waals surface area contributed by atoms with Crippen molar-refractivity contribution in [2.75, 3.05) is 46.3 Å². The molecule has 0 atom stereocenters. The molecule has 0 bridgehead atoms. The van der Waals surface area contributed by atoms with E-state index >= 15 is 0 Å². The van der Waals surface area contributed by atoms with Gasteiger partial charge in [0, 0.05) is 35.9 Å². The van der Waals surface area contributed by atoms with E-state index in [0.29, 0.717) is 0 Å². The zero-order chi connectivity index (χ0) is 20.8. The second-order valence-electron chi connectivity index (χ2n) is 9.21.